The van der Waals surface area contributed by atoms with Crippen LogP contribution in [-0.4, -0.2) is 0 Å². The van der Waals surface area contributed by atoms with Crippen molar-refractivity contribution in [2.75, 3.05) is 0 Å². The van der Waals surface area contributed by atoms with Gasteiger partial charge in [-0.1, -0.05) is 86.9 Å². The van der Waals surface area contributed by atoms with E-state index in [9.17, 15) is 9.59 Å². The van der Waals surface area contributed by atoms with E-state index < -0.39 is 0 Å². The summed E-state index contributed by atoms with van der Waals surface area (Å²) in [5.74, 6) is 0. The molecule has 0 heterocycles. The molecule has 38 heavy (non-hydrogen) atoms. The highest BCUT2D eigenvalue weighted by molar-refractivity contribution is 9.11. The molecule has 0 fully saturated rings. The highest BCUT2D eigenvalue weighted by Crippen LogP contribution is 2.50. The summed E-state index contributed by atoms with van der Waals surface area (Å²) in [6, 6.07) is 15.4. The molecule has 182 valence electrons. The van der Waals surface area contributed by atoms with Crippen molar-refractivity contribution in [1.82, 2.24) is 0 Å². The fourth-order valence-corrected chi connectivity index (χ4v) is 8.97. The molecule has 8 aromatic rings. The fraction of sp³-hybridized carbons (Fsp3) is 0. The van der Waals surface area contributed by atoms with Crippen LogP contribution in [0.25, 0.3) is 75.4 Å². The van der Waals surface area contributed by atoms with Crippen LogP contribution in [0.4, 0.5) is 0 Å². The van der Waals surface area contributed by atoms with E-state index in [1.54, 1.807) is 0 Å². The third kappa shape index (κ3) is 2.79. The Morgan fingerprint density at radius 2 is 0.763 bits per heavy atom. The van der Waals surface area contributed by atoms with Gasteiger partial charge in [0.25, 0.3) is 0 Å². The van der Waals surface area contributed by atoms with Crippen molar-refractivity contribution >= 4 is 162 Å². The average Bonchev–Trinajstić information content (AvgIpc) is 2.87. The van der Waals surface area contributed by atoms with E-state index in [-0.39, 0.29) is 10.9 Å². The van der Waals surface area contributed by atoms with Crippen LogP contribution in [-0.2, 0) is 0 Å². The molecule has 0 N–H and O–H groups in total. The Labute approximate surface area is 257 Å². The molecule has 0 radical (unpaired) electrons. The summed E-state index contributed by atoms with van der Waals surface area (Å²) < 4.78 is 3.03. The molecule has 2 nitrogen and oxygen atoms in total. The Hall–Kier alpha value is -1.80. The molecule has 0 aliphatic rings. The van der Waals surface area contributed by atoms with Crippen molar-refractivity contribution in [3.05, 3.63) is 96.9 Å². The van der Waals surface area contributed by atoms with Crippen molar-refractivity contribution in [3.63, 3.8) is 0 Å². The zero-order valence-corrected chi connectivity index (χ0v) is 26.6. The first-order valence-electron chi connectivity index (χ1n) is 11.4. The predicted octanol–water partition coefficient (Wildman–Crippen LogP) is 11.1. The van der Waals surface area contributed by atoms with E-state index in [0.29, 0.717) is 40.5 Å². The Morgan fingerprint density at radius 1 is 0.421 bits per heavy atom. The molecule has 0 unspecified atom stereocenters. The number of hydrogen-bond donors (Lipinski definition) is 0. The molecule has 8 aromatic carbocycles. The van der Waals surface area contributed by atoms with Gasteiger partial charge < -0.3 is 0 Å². The van der Waals surface area contributed by atoms with E-state index in [2.05, 4.69) is 75.9 Å². The van der Waals surface area contributed by atoms with E-state index in [1.165, 1.54) is 0 Å². The summed E-state index contributed by atoms with van der Waals surface area (Å²) in [6.07, 6.45) is 0. The standard InChI is InChI=1S/C30H8Br4Cl2O2/c31-13-1-3-15(33)25-21(13)11-5-9-7-18(36)28-24-12(22-14(32)2-4-16(34)26(22)30(28)38)6-10-8-17(35)27(29(25)37)23(11)19(10)20(9)24/h1-8H. The molecule has 0 spiro atoms. The SMILES string of the molecule is O=c1c2c(Br)ccc(Br)c2c2cc3cc(Cl)c4c(=O)c5c(Br)ccc(Br)c5c5cc6cc(Cl)c1c2c6c3c45. The van der Waals surface area contributed by atoms with E-state index >= 15 is 0 Å². The van der Waals surface area contributed by atoms with Crippen LogP contribution in [0.5, 0.6) is 0 Å². The quantitative estimate of drug-likeness (QED) is 0.113. The molecule has 8 heteroatoms. The first kappa shape index (κ1) is 24.0. The summed E-state index contributed by atoms with van der Waals surface area (Å²) in [4.78, 5) is 27.9. The molecule has 0 aliphatic carbocycles. The smallest absolute Gasteiger partial charge is 0.196 e. The Kier molecular flexibility index (Phi) is 5.00. The minimum atomic E-state index is -0.137. The number of benzene rings is 8. The van der Waals surface area contributed by atoms with Crippen molar-refractivity contribution in [2.45, 2.75) is 0 Å². The molecule has 0 atom stereocenters. The minimum absolute atomic E-state index is 0.137. The van der Waals surface area contributed by atoms with Gasteiger partial charge in [0.15, 0.2) is 10.9 Å². The topological polar surface area (TPSA) is 34.1 Å². The minimum Gasteiger partial charge on any atom is -0.288 e. The third-order valence-electron chi connectivity index (χ3n) is 7.66. The monoisotopic (exact) mass is 786 g/mol. The van der Waals surface area contributed by atoms with Crippen molar-refractivity contribution in [2.24, 2.45) is 0 Å². The van der Waals surface area contributed by atoms with Crippen LogP contribution in [0.1, 0.15) is 0 Å². The zero-order chi connectivity index (χ0) is 26.4. The van der Waals surface area contributed by atoms with Crippen LogP contribution in [0, 0.1) is 0 Å². The van der Waals surface area contributed by atoms with Gasteiger partial charge in [-0.3, -0.25) is 9.59 Å². The lowest BCUT2D eigenvalue weighted by atomic mass is 9.84. The second kappa shape index (κ2) is 7.90. The van der Waals surface area contributed by atoms with Gasteiger partial charge in [-0.15, -0.1) is 0 Å². The Morgan fingerprint density at radius 3 is 1.13 bits per heavy atom. The third-order valence-corrected chi connectivity index (χ3v) is 10.9. The van der Waals surface area contributed by atoms with Gasteiger partial charge in [-0.05, 0) is 80.8 Å². The first-order valence-corrected chi connectivity index (χ1v) is 15.4. The van der Waals surface area contributed by atoms with Crippen LogP contribution in [0.3, 0.4) is 0 Å². The average molecular weight is 791 g/mol. The van der Waals surface area contributed by atoms with Crippen LogP contribution in [0.2, 0.25) is 10.0 Å². The van der Waals surface area contributed by atoms with Crippen LogP contribution in [0.15, 0.2) is 76.0 Å². The van der Waals surface area contributed by atoms with E-state index in [4.69, 9.17) is 23.2 Å². The lowest BCUT2D eigenvalue weighted by Gasteiger charge is -2.21. The van der Waals surface area contributed by atoms with E-state index in [1.807, 2.05) is 36.4 Å². The maximum atomic E-state index is 14.0. The van der Waals surface area contributed by atoms with Crippen LogP contribution >= 0.6 is 86.9 Å². The maximum Gasteiger partial charge on any atom is 0.196 e. The summed E-state index contributed by atoms with van der Waals surface area (Å²) in [5, 5.41) is 11.5. The van der Waals surface area contributed by atoms with Gasteiger partial charge in [0, 0.05) is 61.0 Å². The number of halogens is 6. The highest BCUT2D eigenvalue weighted by Gasteiger charge is 2.26. The maximum absolute atomic E-state index is 14.0. The molecule has 0 bridgehead atoms. The zero-order valence-electron chi connectivity index (χ0n) is 18.7. The van der Waals surface area contributed by atoms with Gasteiger partial charge >= 0.3 is 0 Å². The lowest BCUT2D eigenvalue weighted by molar-refractivity contribution is 1.66. The number of rotatable bonds is 0. The summed E-state index contributed by atoms with van der Waals surface area (Å²) >= 11 is 28.3. The van der Waals surface area contributed by atoms with Gasteiger partial charge in [0.05, 0.1) is 10.0 Å². The van der Waals surface area contributed by atoms with E-state index in [0.717, 1.165) is 62.8 Å². The molecule has 0 amide bonds. The first-order chi connectivity index (χ1) is 18.2. The molecule has 8 rings (SSSR count). The molecular weight excluding hydrogens is 783 g/mol. The molecule has 0 aliphatic heterocycles. The Bertz CT molecular complexity index is 2330. The normalized spacial score (nSPS) is 12.7. The summed E-state index contributed by atoms with van der Waals surface area (Å²) in [7, 11) is 0. The molecular formula is C30H8Br4Cl2O2. The van der Waals surface area contributed by atoms with Crippen LogP contribution < -0.4 is 10.9 Å². The van der Waals surface area contributed by atoms with Gasteiger partial charge in [-0.2, -0.15) is 0 Å². The van der Waals surface area contributed by atoms with Gasteiger partial charge in [-0.25, -0.2) is 0 Å². The molecule has 0 saturated heterocycles. The molecule has 0 aromatic heterocycles. The van der Waals surface area contributed by atoms with Crippen molar-refractivity contribution < 1.29 is 0 Å². The highest BCUT2D eigenvalue weighted by atomic mass is 79.9. The second-order valence-electron chi connectivity index (χ2n) is 9.48. The Balaban J connectivity index is 1.83. The fourth-order valence-electron chi connectivity index (χ4n) is 6.26. The van der Waals surface area contributed by atoms with Crippen molar-refractivity contribution in [3.8, 4) is 0 Å². The largest absolute Gasteiger partial charge is 0.288 e. The van der Waals surface area contributed by atoms with Gasteiger partial charge in [0.1, 0.15) is 0 Å². The second-order valence-corrected chi connectivity index (χ2v) is 13.7. The lowest BCUT2D eigenvalue weighted by Crippen LogP contribution is -2.08. The summed E-state index contributed by atoms with van der Waals surface area (Å²) in [6.45, 7) is 0. The van der Waals surface area contributed by atoms with Crippen molar-refractivity contribution in [1.29, 1.82) is 0 Å². The van der Waals surface area contributed by atoms with Gasteiger partial charge in [0.2, 0.25) is 0 Å². The number of hydrogen-bond acceptors (Lipinski definition) is 2. The number of fused-ring (bicyclic) bond motifs is 4. The molecule has 0 saturated carbocycles. The summed E-state index contributed by atoms with van der Waals surface area (Å²) in [5.41, 5.74) is -0.274. The predicted molar refractivity (Wildman–Crippen MR) is 176 cm³/mol.